The van der Waals surface area contributed by atoms with E-state index >= 15 is 0 Å². The van der Waals surface area contributed by atoms with E-state index in [1.54, 1.807) is 35.1 Å². The second-order valence-electron chi connectivity index (χ2n) is 13.2. The zero-order valence-corrected chi connectivity index (χ0v) is 31.6. The average molecular weight is 789 g/mol. The van der Waals surface area contributed by atoms with Gasteiger partial charge in [0.05, 0.1) is 17.8 Å². The molecule has 2 heterocycles. The number of unbranched alkanes of at least 4 members (excludes halogenated alkanes) is 3. The Hall–Kier alpha value is -6.87. The van der Waals surface area contributed by atoms with Crippen LogP contribution in [0, 0.1) is 0 Å². The Morgan fingerprint density at radius 3 is 2.54 bits per heavy atom. The number of aromatic nitrogens is 3. The first kappa shape index (κ1) is 39.8. The number of aryl methyl sites for hydroxylation is 1. The van der Waals surface area contributed by atoms with Crippen LogP contribution in [0.3, 0.4) is 0 Å². The number of rotatable bonds is 17. The maximum Gasteiger partial charge on any atom is 0.408 e. The highest BCUT2D eigenvalue weighted by atomic mass is 32.1. The number of anilines is 1. The molecule has 0 unspecified atom stereocenters. The van der Waals surface area contributed by atoms with Gasteiger partial charge in [-0.3, -0.25) is 14.3 Å². The van der Waals surface area contributed by atoms with Crippen molar-refractivity contribution < 1.29 is 33.8 Å². The minimum Gasteiger partial charge on any atom is -0.508 e. The van der Waals surface area contributed by atoms with E-state index in [4.69, 9.17) is 21.4 Å². The van der Waals surface area contributed by atoms with Crippen molar-refractivity contribution in [1.29, 1.82) is 0 Å². The van der Waals surface area contributed by atoms with Crippen molar-refractivity contribution in [2.24, 2.45) is 0 Å². The van der Waals surface area contributed by atoms with Crippen molar-refractivity contribution >= 4 is 51.8 Å². The number of ether oxygens (including phenoxy) is 1. The summed E-state index contributed by atoms with van der Waals surface area (Å²) in [5.41, 5.74) is 3.43. The van der Waals surface area contributed by atoms with Gasteiger partial charge in [0.25, 0.3) is 0 Å². The number of aromatic carboxylic acids is 1. The van der Waals surface area contributed by atoms with E-state index in [9.17, 15) is 29.4 Å². The number of alkyl carbamates (subject to hydrolysis) is 1. The van der Waals surface area contributed by atoms with E-state index < -0.39 is 18.1 Å². The topological polar surface area (TPSA) is 198 Å². The number of hydrogen-bond acceptors (Lipinski definition) is 10. The Morgan fingerprint density at radius 2 is 1.75 bits per heavy atom. The lowest BCUT2D eigenvalue weighted by Crippen LogP contribution is -2.41. The van der Waals surface area contributed by atoms with Crippen LogP contribution in [0.4, 0.5) is 10.5 Å². The monoisotopic (exact) mass is 788 g/mol. The van der Waals surface area contributed by atoms with Crippen molar-refractivity contribution in [3.8, 4) is 28.2 Å². The molecule has 0 fully saturated rings. The first-order valence-electron chi connectivity index (χ1n) is 18.2. The van der Waals surface area contributed by atoms with Crippen molar-refractivity contribution in [2.75, 3.05) is 11.9 Å². The first-order valence-corrected chi connectivity index (χ1v) is 18.6. The van der Waals surface area contributed by atoms with Gasteiger partial charge in [0.1, 0.15) is 29.4 Å². The minimum absolute atomic E-state index is 0.0121. The van der Waals surface area contributed by atoms with Crippen LogP contribution < -0.4 is 21.4 Å². The summed E-state index contributed by atoms with van der Waals surface area (Å²) in [5.74, 6) is -1.23. The Morgan fingerprint density at radius 1 is 0.965 bits per heavy atom. The molecule has 292 valence electrons. The largest absolute Gasteiger partial charge is 0.508 e. The Labute approximate surface area is 332 Å². The van der Waals surface area contributed by atoms with E-state index in [2.05, 4.69) is 32.8 Å². The predicted octanol–water partition coefficient (Wildman–Crippen LogP) is 6.70. The lowest BCUT2D eigenvalue weighted by atomic mass is 9.90. The lowest BCUT2D eigenvalue weighted by molar-refractivity contribution is -0.116. The fraction of sp³-hybridized carbons (Fsp3) is 0.214. The number of benzene rings is 4. The third-order valence-corrected chi connectivity index (χ3v) is 9.36. The molecular formula is C42H40N6O8S. The van der Waals surface area contributed by atoms with E-state index in [0.29, 0.717) is 63.7 Å². The van der Waals surface area contributed by atoms with Crippen molar-refractivity contribution in [2.45, 2.75) is 51.3 Å². The summed E-state index contributed by atoms with van der Waals surface area (Å²) in [6, 6.07) is 22.3. The van der Waals surface area contributed by atoms with Gasteiger partial charge < -0.3 is 35.3 Å². The van der Waals surface area contributed by atoms with Crippen molar-refractivity contribution in [3.05, 3.63) is 131 Å². The van der Waals surface area contributed by atoms with Gasteiger partial charge in [-0.1, -0.05) is 61.0 Å². The molecular weight excluding hydrogens is 749 g/mol. The van der Waals surface area contributed by atoms with Crippen LogP contribution in [0.5, 0.6) is 5.75 Å². The van der Waals surface area contributed by atoms with Crippen LogP contribution in [-0.4, -0.2) is 60.8 Å². The molecule has 57 heavy (non-hydrogen) atoms. The van der Waals surface area contributed by atoms with E-state index in [0.717, 1.165) is 31.2 Å². The van der Waals surface area contributed by atoms with Gasteiger partial charge >= 0.3 is 12.1 Å². The third kappa shape index (κ3) is 10.5. The van der Waals surface area contributed by atoms with Crippen LogP contribution in [0.1, 0.15) is 47.3 Å². The normalized spacial score (nSPS) is 11.5. The summed E-state index contributed by atoms with van der Waals surface area (Å²) in [7, 11) is 0. The number of carbonyl (C=O) groups is 3. The molecule has 1 aliphatic heterocycles. The number of carbonyl (C=O) groups excluding carboxylic acids is 2. The number of phenols is 1. The number of ketones is 1. The second kappa shape index (κ2) is 18.6. The SMILES string of the molecule is C=CC(=O)[C@H](Cc1ccccc1)NC(=O)OCc1cn(CCCCCCNC(=S)Nc2ccc(-c3c4ccc(=O)cc-4oc4cc(O)ccc34)c(C(=O)O)c2)nn1. The molecule has 14 nitrogen and oxygen atoms in total. The molecule has 5 N–H and O–H groups in total. The molecule has 1 amide bonds. The zero-order chi connectivity index (χ0) is 40.3. The van der Waals surface area contributed by atoms with Gasteiger partial charge in [0.2, 0.25) is 0 Å². The number of carboxylic acid groups (broad SMARTS) is 1. The number of amides is 1. The number of aromatic hydroxyl groups is 1. The molecule has 1 aromatic heterocycles. The number of nitrogens with one attached hydrogen (secondary N) is 3. The fourth-order valence-electron chi connectivity index (χ4n) is 6.35. The zero-order valence-electron chi connectivity index (χ0n) is 30.8. The summed E-state index contributed by atoms with van der Waals surface area (Å²) in [6.45, 7) is 4.66. The highest BCUT2D eigenvalue weighted by Crippen LogP contribution is 2.42. The number of hydrogen-bond donors (Lipinski definition) is 5. The fourth-order valence-corrected chi connectivity index (χ4v) is 6.57. The Kier molecular flexibility index (Phi) is 13.0. The number of phenolic OH excluding ortho intramolecular Hbond substituents is 1. The number of nitrogens with zero attached hydrogens (tertiary/aromatic N) is 3. The number of fused-ring (bicyclic) bond motifs is 2. The lowest BCUT2D eigenvalue weighted by Gasteiger charge is -2.18. The molecule has 15 heteroatoms. The molecule has 4 aromatic rings. The van der Waals surface area contributed by atoms with Gasteiger partial charge in [-0.2, -0.15) is 0 Å². The molecule has 1 aliphatic carbocycles. The van der Waals surface area contributed by atoms with Gasteiger partial charge in [0.15, 0.2) is 16.3 Å². The van der Waals surface area contributed by atoms with Crippen molar-refractivity contribution in [1.82, 2.24) is 25.6 Å². The maximum absolute atomic E-state index is 12.5. The van der Waals surface area contributed by atoms with E-state index in [1.165, 1.54) is 36.4 Å². The first-order chi connectivity index (χ1) is 27.6. The van der Waals surface area contributed by atoms with Crippen molar-refractivity contribution in [3.63, 3.8) is 0 Å². The molecule has 2 aliphatic rings. The molecule has 0 saturated heterocycles. The summed E-state index contributed by atoms with van der Waals surface area (Å²) in [4.78, 5) is 49.4. The molecule has 6 rings (SSSR count). The average Bonchev–Trinajstić information content (AvgIpc) is 3.66. The molecule has 0 radical (unpaired) electrons. The van der Waals surface area contributed by atoms with E-state index in [1.807, 2.05) is 30.3 Å². The van der Waals surface area contributed by atoms with Gasteiger partial charge in [-0.05, 0) is 78.7 Å². The highest BCUT2D eigenvalue weighted by Gasteiger charge is 2.23. The number of thiocarbonyl (C=S) groups is 1. The standard InChI is InChI=1S/C42H40N6O8S/c1-2-36(51)35(20-26-10-6-5-7-11-26)45-42(54)55-25-28-24-48(47-46-28)19-9-4-3-8-18-43-41(57)44-27-12-15-31(34(21-27)40(52)53)39-32-16-13-29(49)22-37(32)56-38-23-30(50)14-17-33(38)39/h2,5-7,10-17,21-24,35,49H,1,3-4,8-9,18-20,25H2,(H,45,54)(H,52,53)(H2,43,44,57)/t35-/m0/s1. The van der Waals surface area contributed by atoms with Crippen LogP contribution in [0.25, 0.3) is 33.4 Å². The van der Waals surface area contributed by atoms with Crippen LogP contribution in [0.15, 0.2) is 113 Å². The summed E-state index contributed by atoms with van der Waals surface area (Å²) in [5, 5.41) is 38.2. The quantitative estimate of drug-likeness (QED) is 0.0284. The Bertz CT molecular complexity index is 2450. The summed E-state index contributed by atoms with van der Waals surface area (Å²) >= 11 is 5.48. The van der Waals surface area contributed by atoms with Crippen LogP contribution in [-0.2, 0) is 29.1 Å². The molecule has 0 bridgehead atoms. The molecule has 0 saturated carbocycles. The Balaban J connectivity index is 0.936. The summed E-state index contributed by atoms with van der Waals surface area (Å²) < 4.78 is 12.9. The van der Waals surface area contributed by atoms with Crippen LogP contribution >= 0.6 is 12.2 Å². The van der Waals surface area contributed by atoms with E-state index in [-0.39, 0.29) is 34.9 Å². The molecule has 1 atom stereocenters. The second-order valence-corrected chi connectivity index (χ2v) is 13.6. The third-order valence-electron chi connectivity index (χ3n) is 9.11. The summed E-state index contributed by atoms with van der Waals surface area (Å²) in [6.07, 6.45) is 6.00. The van der Waals surface area contributed by atoms with Crippen LogP contribution in [0.2, 0.25) is 0 Å². The minimum atomic E-state index is -1.15. The molecule has 0 spiro atoms. The van der Waals surface area contributed by atoms with Gasteiger partial charge in [-0.15, -0.1) is 5.10 Å². The highest BCUT2D eigenvalue weighted by molar-refractivity contribution is 7.80. The number of carboxylic acids is 1. The predicted molar refractivity (Wildman–Crippen MR) is 218 cm³/mol. The van der Waals surface area contributed by atoms with Gasteiger partial charge in [-0.25, -0.2) is 9.59 Å². The molecule has 3 aromatic carbocycles. The van der Waals surface area contributed by atoms with Gasteiger partial charge in [0, 0.05) is 53.8 Å². The maximum atomic E-state index is 12.5. The smallest absolute Gasteiger partial charge is 0.408 e.